The summed E-state index contributed by atoms with van der Waals surface area (Å²) in [5, 5.41) is 3.59. The molecule has 1 amide bonds. The Labute approximate surface area is 175 Å². The van der Waals surface area contributed by atoms with E-state index in [0.717, 1.165) is 13.1 Å². The van der Waals surface area contributed by atoms with Crippen molar-refractivity contribution in [3.05, 3.63) is 59.1 Å². The molecule has 0 saturated carbocycles. The van der Waals surface area contributed by atoms with Gasteiger partial charge in [0.15, 0.2) is 5.75 Å². The minimum absolute atomic E-state index is 0.0228. The van der Waals surface area contributed by atoms with Gasteiger partial charge in [0.2, 0.25) is 5.91 Å². The second-order valence-electron chi connectivity index (χ2n) is 7.42. The number of benzene rings is 2. The molecule has 0 bridgehead atoms. The average molecular weight is 414 g/mol. The number of anilines is 1. The van der Waals surface area contributed by atoms with Crippen LogP contribution in [0.15, 0.2) is 48.5 Å². The summed E-state index contributed by atoms with van der Waals surface area (Å²) in [6, 6.07) is 15.4. The number of halogens is 1. The van der Waals surface area contributed by atoms with E-state index in [9.17, 15) is 9.59 Å². The van der Waals surface area contributed by atoms with Gasteiger partial charge in [0.05, 0.1) is 18.3 Å². The van der Waals surface area contributed by atoms with Crippen molar-refractivity contribution in [1.82, 2.24) is 10.2 Å². The normalized spacial score (nSPS) is 17.6. The first-order valence-electron chi connectivity index (χ1n) is 9.91. The molecule has 1 saturated heterocycles. The molecule has 2 aromatic rings. The highest BCUT2D eigenvalue weighted by Gasteiger charge is 2.27. The SMILES string of the molecule is O=C(CN1CC(=O)Oc2ccc(Cl)cc21)NCC(c1ccccc1)N1CCCC1. The predicted octanol–water partition coefficient (Wildman–Crippen LogP) is 3.02. The molecular formula is C22H24ClN3O3. The summed E-state index contributed by atoms with van der Waals surface area (Å²) in [7, 11) is 0. The van der Waals surface area contributed by atoms with Gasteiger partial charge in [0, 0.05) is 11.6 Å². The lowest BCUT2D eigenvalue weighted by atomic mass is 10.1. The van der Waals surface area contributed by atoms with Crippen LogP contribution < -0.4 is 15.0 Å². The molecule has 2 aliphatic heterocycles. The molecule has 1 atom stereocenters. The molecular weight excluding hydrogens is 390 g/mol. The van der Waals surface area contributed by atoms with Crippen LogP contribution in [-0.4, -0.2) is 49.5 Å². The second kappa shape index (κ2) is 8.84. The molecule has 7 heteroatoms. The third-order valence-corrected chi connectivity index (χ3v) is 5.63. The van der Waals surface area contributed by atoms with Crippen LogP contribution in [0.1, 0.15) is 24.4 Å². The molecule has 0 aliphatic carbocycles. The van der Waals surface area contributed by atoms with E-state index >= 15 is 0 Å². The highest BCUT2D eigenvalue weighted by atomic mass is 35.5. The summed E-state index contributed by atoms with van der Waals surface area (Å²) in [6.45, 7) is 2.71. The van der Waals surface area contributed by atoms with Crippen LogP contribution in [-0.2, 0) is 9.59 Å². The summed E-state index contributed by atoms with van der Waals surface area (Å²) < 4.78 is 5.24. The number of ether oxygens (including phenoxy) is 1. The Morgan fingerprint density at radius 3 is 2.66 bits per heavy atom. The number of likely N-dealkylation sites (tertiary alicyclic amines) is 1. The van der Waals surface area contributed by atoms with Gasteiger partial charge >= 0.3 is 5.97 Å². The molecule has 4 rings (SSSR count). The number of esters is 1. The highest BCUT2D eigenvalue weighted by molar-refractivity contribution is 6.31. The summed E-state index contributed by atoms with van der Waals surface area (Å²) in [6.07, 6.45) is 2.37. The molecule has 1 N–H and O–H groups in total. The Morgan fingerprint density at radius 2 is 1.90 bits per heavy atom. The van der Waals surface area contributed by atoms with Gasteiger partial charge < -0.3 is 15.0 Å². The zero-order valence-corrected chi connectivity index (χ0v) is 16.9. The molecule has 29 heavy (non-hydrogen) atoms. The Kier molecular flexibility index (Phi) is 6.02. The fraction of sp³-hybridized carbons (Fsp3) is 0.364. The van der Waals surface area contributed by atoms with Gasteiger partial charge in [-0.2, -0.15) is 0 Å². The number of amides is 1. The molecule has 1 fully saturated rings. The van der Waals surface area contributed by atoms with E-state index in [1.54, 1.807) is 23.1 Å². The number of nitrogens with one attached hydrogen (secondary N) is 1. The molecule has 6 nitrogen and oxygen atoms in total. The number of nitrogens with zero attached hydrogens (tertiary/aromatic N) is 2. The van der Waals surface area contributed by atoms with Crippen molar-refractivity contribution in [2.24, 2.45) is 0 Å². The third kappa shape index (κ3) is 4.71. The molecule has 0 spiro atoms. The second-order valence-corrected chi connectivity index (χ2v) is 7.85. The molecule has 0 radical (unpaired) electrons. The molecule has 1 unspecified atom stereocenters. The van der Waals surface area contributed by atoms with E-state index < -0.39 is 0 Å². The monoisotopic (exact) mass is 413 g/mol. The largest absolute Gasteiger partial charge is 0.423 e. The molecule has 2 heterocycles. The first kappa shape index (κ1) is 19.7. The maximum absolute atomic E-state index is 12.7. The van der Waals surface area contributed by atoms with Crippen LogP contribution in [0.4, 0.5) is 5.69 Å². The lowest BCUT2D eigenvalue weighted by Gasteiger charge is -2.31. The van der Waals surface area contributed by atoms with Gasteiger partial charge in [-0.1, -0.05) is 41.9 Å². The van der Waals surface area contributed by atoms with Crippen molar-refractivity contribution in [1.29, 1.82) is 0 Å². The number of carbonyl (C=O) groups is 2. The van der Waals surface area contributed by atoms with Crippen LogP contribution in [0.25, 0.3) is 0 Å². The smallest absolute Gasteiger partial charge is 0.331 e. The number of carbonyl (C=O) groups excluding carboxylic acids is 2. The van der Waals surface area contributed by atoms with Crippen molar-refractivity contribution in [3.63, 3.8) is 0 Å². The first-order valence-corrected chi connectivity index (χ1v) is 10.3. The van der Waals surface area contributed by atoms with Crippen molar-refractivity contribution in [3.8, 4) is 5.75 Å². The molecule has 2 aromatic carbocycles. The zero-order chi connectivity index (χ0) is 20.2. The van der Waals surface area contributed by atoms with Crippen molar-refractivity contribution in [2.45, 2.75) is 18.9 Å². The minimum atomic E-state index is -0.383. The van der Waals surface area contributed by atoms with Crippen LogP contribution in [0.5, 0.6) is 5.75 Å². The van der Waals surface area contributed by atoms with E-state index in [-0.39, 0.29) is 31.0 Å². The molecule has 2 aliphatic rings. The van der Waals surface area contributed by atoms with Gasteiger partial charge in [-0.3, -0.25) is 9.69 Å². The van der Waals surface area contributed by atoms with Gasteiger partial charge in [-0.15, -0.1) is 0 Å². The van der Waals surface area contributed by atoms with Gasteiger partial charge in [-0.05, 0) is 49.7 Å². The zero-order valence-electron chi connectivity index (χ0n) is 16.1. The van der Waals surface area contributed by atoms with Gasteiger partial charge in [-0.25, -0.2) is 4.79 Å². The highest BCUT2D eigenvalue weighted by Crippen LogP contribution is 2.34. The topological polar surface area (TPSA) is 61.9 Å². The first-order chi connectivity index (χ1) is 14.1. The van der Waals surface area contributed by atoms with E-state index in [4.69, 9.17) is 16.3 Å². The lowest BCUT2D eigenvalue weighted by Crippen LogP contribution is -2.45. The van der Waals surface area contributed by atoms with Crippen LogP contribution >= 0.6 is 11.6 Å². The molecule has 152 valence electrons. The van der Waals surface area contributed by atoms with E-state index in [1.807, 2.05) is 18.2 Å². The fourth-order valence-electron chi connectivity index (χ4n) is 3.99. The maximum Gasteiger partial charge on any atom is 0.331 e. The number of hydrogen-bond donors (Lipinski definition) is 1. The Hall–Kier alpha value is -2.57. The standard InChI is InChI=1S/C22H24ClN3O3/c23-17-8-9-20-18(12-17)26(15-22(28)29-20)14-21(27)24-13-19(25-10-4-5-11-25)16-6-2-1-3-7-16/h1-3,6-9,12,19H,4-5,10-11,13-15H2,(H,24,27). The van der Waals surface area contributed by atoms with Crippen LogP contribution in [0.2, 0.25) is 5.02 Å². The summed E-state index contributed by atoms with van der Waals surface area (Å²) in [4.78, 5) is 28.7. The van der Waals surface area contributed by atoms with E-state index in [0.29, 0.717) is 23.0 Å². The molecule has 0 aromatic heterocycles. The van der Waals surface area contributed by atoms with Crippen molar-refractivity contribution < 1.29 is 14.3 Å². The lowest BCUT2D eigenvalue weighted by molar-refractivity contribution is -0.133. The van der Waals surface area contributed by atoms with Crippen molar-refractivity contribution in [2.75, 3.05) is 37.6 Å². The van der Waals surface area contributed by atoms with E-state index in [2.05, 4.69) is 22.3 Å². The predicted molar refractivity (Wildman–Crippen MR) is 112 cm³/mol. The number of fused-ring (bicyclic) bond motifs is 1. The van der Waals surface area contributed by atoms with Gasteiger partial charge in [0.25, 0.3) is 0 Å². The summed E-state index contributed by atoms with van der Waals surface area (Å²) in [5.74, 6) is -0.0877. The summed E-state index contributed by atoms with van der Waals surface area (Å²) in [5.41, 5.74) is 1.86. The quantitative estimate of drug-likeness (QED) is 0.582. The summed E-state index contributed by atoms with van der Waals surface area (Å²) >= 11 is 6.08. The third-order valence-electron chi connectivity index (χ3n) is 5.40. The maximum atomic E-state index is 12.7. The van der Waals surface area contributed by atoms with E-state index in [1.165, 1.54) is 18.4 Å². The Morgan fingerprint density at radius 1 is 1.14 bits per heavy atom. The Bertz CT molecular complexity index is 884. The van der Waals surface area contributed by atoms with Crippen molar-refractivity contribution >= 4 is 29.2 Å². The Balaban J connectivity index is 1.43. The van der Waals surface area contributed by atoms with Crippen LogP contribution in [0.3, 0.4) is 0 Å². The fourth-order valence-corrected chi connectivity index (χ4v) is 4.15. The number of rotatable bonds is 6. The minimum Gasteiger partial charge on any atom is -0.423 e. The number of hydrogen-bond acceptors (Lipinski definition) is 5. The van der Waals surface area contributed by atoms with Crippen LogP contribution in [0, 0.1) is 0 Å². The average Bonchev–Trinajstić information content (AvgIpc) is 3.24. The van der Waals surface area contributed by atoms with Gasteiger partial charge in [0.1, 0.15) is 6.54 Å².